The Balaban J connectivity index is 1.79. The van der Waals surface area contributed by atoms with Crippen LogP contribution in [0.3, 0.4) is 0 Å². The maximum atomic E-state index is 14.6. The first-order chi connectivity index (χ1) is 13.7. The standard InChI is InChI=1S/C21H20FN3O2S/c1-27-15-12-10-14(11-13-15)20-23-24-21(28-19-9-5-4-8-18(19)26)25(20)17-7-3-2-6-16(17)22/h2-3,6-7,10-13,19H,4-5,8-9H2,1H3/t19-/m0/s1. The number of methoxy groups -OCH3 is 1. The van der Waals surface area contributed by atoms with Crippen molar-refractivity contribution < 1.29 is 13.9 Å². The molecule has 1 aliphatic carbocycles. The van der Waals surface area contributed by atoms with Crippen LogP contribution in [0.2, 0.25) is 0 Å². The highest BCUT2D eigenvalue weighted by Gasteiger charge is 2.27. The summed E-state index contributed by atoms with van der Waals surface area (Å²) in [5.41, 5.74) is 1.16. The molecular formula is C21H20FN3O2S. The van der Waals surface area contributed by atoms with E-state index in [2.05, 4.69) is 10.2 Å². The molecule has 1 atom stereocenters. The van der Waals surface area contributed by atoms with Crippen molar-refractivity contribution >= 4 is 17.5 Å². The molecule has 0 radical (unpaired) electrons. The van der Waals surface area contributed by atoms with Crippen molar-refractivity contribution in [2.75, 3.05) is 7.11 Å². The Hall–Kier alpha value is -2.67. The molecule has 1 aromatic heterocycles. The second kappa shape index (κ2) is 8.14. The van der Waals surface area contributed by atoms with Gasteiger partial charge in [0, 0.05) is 12.0 Å². The number of hydrogen-bond donors (Lipinski definition) is 0. The van der Waals surface area contributed by atoms with Gasteiger partial charge in [0.05, 0.1) is 18.0 Å². The van der Waals surface area contributed by atoms with Gasteiger partial charge in [0.1, 0.15) is 17.3 Å². The molecule has 4 rings (SSSR count). The fourth-order valence-electron chi connectivity index (χ4n) is 3.33. The van der Waals surface area contributed by atoms with E-state index in [4.69, 9.17) is 4.74 Å². The van der Waals surface area contributed by atoms with Gasteiger partial charge < -0.3 is 4.74 Å². The van der Waals surface area contributed by atoms with Crippen LogP contribution in [0.1, 0.15) is 25.7 Å². The molecule has 7 heteroatoms. The maximum Gasteiger partial charge on any atom is 0.196 e. The molecule has 0 bridgehead atoms. The highest BCUT2D eigenvalue weighted by atomic mass is 32.2. The Kier molecular flexibility index (Phi) is 5.43. The highest BCUT2D eigenvalue weighted by molar-refractivity contribution is 8.00. The number of aromatic nitrogens is 3. The summed E-state index contributed by atoms with van der Waals surface area (Å²) in [5, 5.41) is 8.99. The van der Waals surface area contributed by atoms with Gasteiger partial charge >= 0.3 is 0 Å². The predicted octanol–water partition coefficient (Wildman–Crippen LogP) is 4.69. The summed E-state index contributed by atoms with van der Waals surface area (Å²) in [6.07, 6.45) is 3.36. The van der Waals surface area contributed by atoms with E-state index in [0.717, 1.165) is 30.6 Å². The lowest BCUT2D eigenvalue weighted by Gasteiger charge is -2.20. The predicted molar refractivity (Wildman–Crippen MR) is 106 cm³/mol. The van der Waals surface area contributed by atoms with E-state index in [9.17, 15) is 9.18 Å². The Morgan fingerprint density at radius 2 is 1.89 bits per heavy atom. The number of hydrogen-bond acceptors (Lipinski definition) is 5. The Bertz CT molecular complexity index is 988. The van der Waals surface area contributed by atoms with Crippen LogP contribution in [0.15, 0.2) is 53.7 Å². The number of para-hydroxylation sites is 1. The van der Waals surface area contributed by atoms with Crippen molar-refractivity contribution in [3.8, 4) is 22.8 Å². The maximum absolute atomic E-state index is 14.6. The number of nitrogens with zero attached hydrogens (tertiary/aromatic N) is 3. The first-order valence-electron chi connectivity index (χ1n) is 9.21. The van der Waals surface area contributed by atoms with Gasteiger partial charge in [0.15, 0.2) is 11.0 Å². The number of Topliss-reactive ketones (excluding diaryl/α,β-unsaturated/α-hetero) is 1. The number of thioether (sulfide) groups is 1. The summed E-state index contributed by atoms with van der Waals surface area (Å²) in [5.74, 6) is 1.11. The molecule has 28 heavy (non-hydrogen) atoms. The Morgan fingerprint density at radius 1 is 1.11 bits per heavy atom. The topological polar surface area (TPSA) is 57.0 Å². The van der Waals surface area contributed by atoms with Gasteiger partial charge in [0.2, 0.25) is 0 Å². The second-order valence-electron chi connectivity index (χ2n) is 6.64. The summed E-state index contributed by atoms with van der Waals surface area (Å²) in [6, 6.07) is 13.9. The largest absolute Gasteiger partial charge is 0.497 e. The minimum atomic E-state index is -0.367. The zero-order valence-corrected chi connectivity index (χ0v) is 16.3. The lowest BCUT2D eigenvalue weighted by atomic mass is 9.99. The van der Waals surface area contributed by atoms with Crippen LogP contribution >= 0.6 is 11.8 Å². The molecule has 1 aliphatic rings. The third-order valence-corrected chi connectivity index (χ3v) is 6.08. The summed E-state index contributed by atoms with van der Waals surface area (Å²) in [4.78, 5) is 12.3. The summed E-state index contributed by atoms with van der Waals surface area (Å²) >= 11 is 1.37. The minimum absolute atomic E-state index is 0.160. The van der Waals surface area contributed by atoms with Gasteiger partial charge in [-0.15, -0.1) is 10.2 Å². The summed E-state index contributed by atoms with van der Waals surface area (Å²) < 4.78 is 21.5. The smallest absolute Gasteiger partial charge is 0.196 e. The van der Waals surface area contributed by atoms with Crippen LogP contribution in [0, 0.1) is 5.82 Å². The zero-order chi connectivity index (χ0) is 19.5. The van der Waals surface area contributed by atoms with Crippen molar-refractivity contribution in [2.45, 2.75) is 36.1 Å². The highest BCUT2D eigenvalue weighted by Crippen LogP contribution is 2.35. The number of carbonyl (C=O) groups is 1. The molecule has 1 heterocycles. The van der Waals surface area contributed by atoms with E-state index in [1.54, 1.807) is 29.9 Å². The molecule has 0 saturated heterocycles. The van der Waals surface area contributed by atoms with Gasteiger partial charge in [-0.1, -0.05) is 30.3 Å². The lowest BCUT2D eigenvalue weighted by Crippen LogP contribution is -2.21. The molecule has 0 aliphatic heterocycles. The SMILES string of the molecule is COc1ccc(-c2nnc(S[C@H]3CCCCC3=O)n2-c2ccccc2F)cc1. The number of ether oxygens (including phenoxy) is 1. The number of ketones is 1. The van der Waals surface area contributed by atoms with Crippen LogP contribution in [0.4, 0.5) is 4.39 Å². The van der Waals surface area contributed by atoms with E-state index in [0.29, 0.717) is 23.1 Å². The number of halogens is 1. The molecule has 1 fully saturated rings. The van der Waals surface area contributed by atoms with Crippen molar-refractivity contribution in [1.82, 2.24) is 14.8 Å². The molecular weight excluding hydrogens is 377 g/mol. The van der Waals surface area contributed by atoms with Crippen molar-refractivity contribution in [3.05, 3.63) is 54.3 Å². The third-order valence-electron chi connectivity index (χ3n) is 4.82. The number of benzene rings is 2. The van der Waals surface area contributed by atoms with Crippen molar-refractivity contribution in [3.63, 3.8) is 0 Å². The second-order valence-corrected chi connectivity index (χ2v) is 7.81. The van der Waals surface area contributed by atoms with Crippen LogP contribution < -0.4 is 4.74 Å². The molecule has 5 nitrogen and oxygen atoms in total. The van der Waals surface area contributed by atoms with Crippen molar-refractivity contribution in [1.29, 1.82) is 0 Å². The van der Waals surface area contributed by atoms with Gasteiger partial charge in [-0.3, -0.25) is 9.36 Å². The Labute approximate surface area is 166 Å². The van der Waals surface area contributed by atoms with Crippen LogP contribution in [0.5, 0.6) is 5.75 Å². The van der Waals surface area contributed by atoms with Gasteiger partial charge in [-0.25, -0.2) is 4.39 Å². The lowest BCUT2D eigenvalue weighted by molar-refractivity contribution is -0.119. The molecule has 0 spiro atoms. The molecule has 144 valence electrons. The summed E-state index contributed by atoms with van der Waals surface area (Å²) in [6.45, 7) is 0. The van der Waals surface area contributed by atoms with Gasteiger partial charge in [0.25, 0.3) is 0 Å². The van der Waals surface area contributed by atoms with E-state index in [-0.39, 0.29) is 16.9 Å². The average Bonchev–Trinajstić information content (AvgIpc) is 3.13. The molecule has 0 amide bonds. The van der Waals surface area contributed by atoms with E-state index in [1.165, 1.54) is 17.8 Å². The minimum Gasteiger partial charge on any atom is -0.497 e. The number of carbonyl (C=O) groups excluding carboxylic acids is 1. The normalized spacial score (nSPS) is 16.9. The summed E-state index contributed by atoms with van der Waals surface area (Å²) in [7, 11) is 1.60. The molecule has 0 N–H and O–H groups in total. The molecule has 3 aromatic rings. The van der Waals surface area contributed by atoms with Crippen LogP contribution in [-0.2, 0) is 4.79 Å². The monoisotopic (exact) mass is 397 g/mol. The fourth-order valence-corrected chi connectivity index (χ4v) is 4.49. The van der Waals surface area contributed by atoms with Gasteiger partial charge in [-0.2, -0.15) is 0 Å². The van der Waals surface area contributed by atoms with E-state index in [1.807, 2.05) is 24.3 Å². The van der Waals surface area contributed by atoms with Crippen molar-refractivity contribution in [2.24, 2.45) is 0 Å². The zero-order valence-electron chi connectivity index (χ0n) is 15.5. The van der Waals surface area contributed by atoms with Crippen LogP contribution in [-0.4, -0.2) is 32.9 Å². The quantitative estimate of drug-likeness (QED) is 0.625. The van der Waals surface area contributed by atoms with Gasteiger partial charge in [-0.05, 0) is 49.2 Å². The Morgan fingerprint density at radius 3 is 2.61 bits per heavy atom. The average molecular weight is 397 g/mol. The third kappa shape index (κ3) is 3.67. The van der Waals surface area contributed by atoms with E-state index >= 15 is 0 Å². The molecule has 0 unspecified atom stereocenters. The first kappa shape index (κ1) is 18.7. The number of rotatable bonds is 5. The fraction of sp³-hybridized carbons (Fsp3) is 0.286. The van der Waals surface area contributed by atoms with Crippen LogP contribution in [0.25, 0.3) is 17.1 Å². The molecule has 2 aromatic carbocycles. The first-order valence-corrected chi connectivity index (χ1v) is 10.1. The van der Waals surface area contributed by atoms with E-state index < -0.39 is 0 Å². The molecule has 1 saturated carbocycles.